The Labute approximate surface area is 231 Å². The van der Waals surface area contributed by atoms with Crippen LogP contribution in [-0.4, -0.2) is 36.3 Å². The van der Waals surface area contributed by atoms with E-state index in [1.54, 1.807) is 44.7 Å². The molecule has 0 saturated carbocycles. The number of carbonyl (C=O) groups is 2. The number of esters is 2. The first-order chi connectivity index (χ1) is 18.2. The van der Waals surface area contributed by atoms with Gasteiger partial charge >= 0.3 is 11.9 Å². The number of hydrogen-bond acceptors (Lipinski definition) is 8. The van der Waals surface area contributed by atoms with Crippen molar-refractivity contribution in [2.45, 2.75) is 49.8 Å². The lowest BCUT2D eigenvalue weighted by atomic mass is 9.79. The molecule has 0 aromatic heterocycles. The molecule has 2 aromatic carbocycles. The molecule has 38 heavy (non-hydrogen) atoms. The number of hydrogen-bond donors (Lipinski definition) is 1. The fourth-order valence-corrected chi connectivity index (χ4v) is 5.14. The van der Waals surface area contributed by atoms with Gasteiger partial charge in [-0.25, -0.2) is 9.59 Å². The van der Waals surface area contributed by atoms with Crippen molar-refractivity contribution in [1.82, 2.24) is 5.32 Å². The fraction of sp³-hybridized carbons (Fsp3) is 0.357. The quantitative estimate of drug-likeness (QED) is 0.111. The molecule has 8 nitrogen and oxygen atoms in total. The number of non-ortho nitro benzene ring substituents is 1. The summed E-state index contributed by atoms with van der Waals surface area (Å²) in [7, 11) is 0. The van der Waals surface area contributed by atoms with E-state index in [9.17, 15) is 19.7 Å². The van der Waals surface area contributed by atoms with Crippen molar-refractivity contribution in [2.75, 3.05) is 19.5 Å². The van der Waals surface area contributed by atoms with Gasteiger partial charge in [0, 0.05) is 28.4 Å². The third kappa shape index (κ3) is 6.76. The molecule has 1 N–H and O–H groups in total. The number of nitro benzene ring substituents is 1. The molecule has 0 radical (unpaired) electrons. The molecule has 0 spiro atoms. The number of benzene rings is 2. The van der Waals surface area contributed by atoms with Gasteiger partial charge in [-0.05, 0) is 63.1 Å². The summed E-state index contributed by atoms with van der Waals surface area (Å²) in [5, 5.41) is 13.8. The normalized spacial score (nSPS) is 16.1. The molecule has 10 heteroatoms. The zero-order chi connectivity index (χ0) is 27.8. The van der Waals surface area contributed by atoms with Crippen molar-refractivity contribution in [2.24, 2.45) is 0 Å². The van der Waals surface area contributed by atoms with Crippen molar-refractivity contribution < 1.29 is 24.0 Å². The summed E-state index contributed by atoms with van der Waals surface area (Å²) < 4.78 is 10.8. The smallest absolute Gasteiger partial charge is 0.336 e. The zero-order valence-electron chi connectivity index (χ0n) is 21.8. The molecule has 0 saturated heterocycles. The average molecular weight is 559 g/mol. The Morgan fingerprint density at radius 3 is 2.29 bits per heavy atom. The summed E-state index contributed by atoms with van der Waals surface area (Å²) in [5.74, 6) is -1.71. The van der Waals surface area contributed by atoms with Crippen LogP contribution in [0.25, 0.3) is 0 Å². The highest BCUT2D eigenvalue weighted by Gasteiger charge is 2.39. The van der Waals surface area contributed by atoms with Gasteiger partial charge in [-0.1, -0.05) is 24.3 Å². The first-order valence-electron chi connectivity index (χ1n) is 12.3. The van der Waals surface area contributed by atoms with Crippen LogP contribution in [0.2, 0.25) is 0 Å². The highest BCUT2D eigenvalue weighted by Crippen LogP contribution is 2.42. The standard InChI is InChI=1S/C28H31ClN2O6S/c1-5-36-27(32)24-17(3)30-23(15-14-22(29)18-10-12-20(13-11-18)31(34)35)26(28(33)37-6-2)25(24)19-8-7-9-21(16-19)38-4/h7-13,16,22,25,30H,5-6,14-15H2,1-4H3. The van der Waals surface area contributed by atoms with Gasteiger partial charge in [0.2, 0.25) is 0 Å². The third-order valence-electron chi connectivity index (χ3n) is 6.18. The van der Waals surface area contributed by atoms with Crippen molar-refractivity contribution >= 4 is 41.0 Å². The van der Waals surface area contributed by atoms with E-state index in [2.05, 4.69) is 5.32 Å². The van der Waals surface area contributed by atoms with Crippen LogP contribution < -0.4 is 5.32 Å². The van der Waals surface area contributed by atoms with Crippen LogP contribution >= 0.6 is 23.4 Å². The molecule has 0 bridgehead atoms. The van der Waals surface area contributed by atoms with Crippen molar-refractivity contribution in [3.63, 3.8) is 0 Å². The first-order valence-corrected chi connectivity index (χ1v) is 13.9. The molecule has 1 aliphatic heterocycles. The number of carbonyl (C=O) groups excluding carboxylic acids is 2. The van der Waals surface area contributed by atoms with E-state index in [1.807, 2.05) is 30.5 Å². The minimum absolute atomic E-state index is 0.0126. The second kappa shape index (κ2) is 13.5. The fourth-order valence-electron chi connectivity index (χ4n) is 4.42. The Kier molecular flexibility index (Phi) is 10.4. The number of nitrogens with one attached hydrogen (secondary N) is 1. The minimum Gasteiger partial charge on any atom is -0.463 e. The molecule has 2 aromatic rings. The number of nitro groups is 1. The van der Waals surface area contributed by atoms with Gasteiger partial charge in [-0.2, -0.15) is 0 Å². The topological polar surface area (TPSA) is 108 Å². The summed E-state index contributed by atoms with van der Waals surface area (Å²) >= 11 is 8.23. The van der Waals surface area contributed by atoms with Gasteiger partial charge in [0.05, 0.1) is 40.6 Å². The highest BCUT2D eigenvalue weighted by atomic mass is 35.5. The zero-order valence-corrected chi connectivity index (χ0v) is 23.4. The average Bonchev–Trinajstić information content (AvgIpc) is 2.91. The van der Waals surface area contributed by atoms with E-state index in [4.69, 9.17) is 21.1 Å². The van der Waals surface area contributed by atoms with E-state index in [0.717, 1.165) is 16.0 Å². The van der Waals surface area contributed by atoms with Crippen LogP contribution in [0.3, 0.4) is 0 Å². The SMILES string of the molecule is CCOC(=O)C1=C(C)NC(CCC(Cl)c2ccc([N+](=O)[O-])cc2)=C(C(=O)OCC)C1c1cccc(SC)c1. The number of ether oxygens (including phenoxy) is 2. The molecule has 2 unspecified atom stereocenters. The number of rotatable bonds is 11. The van der Waals surface area contributed by atoms with Crippen molar-refractivity contribution in [3.05, 3.63) is 92.3 Å². The Hall–Kier alpha value is -3.30. The van der Waals surface area contributed by atoms with Gasteiger partial charge in [0.15, 0.2) is 0 Å². The largest absolute Gasteiger partial charge is 0.463 e. The third-order valence-corrected chi connectivity index (χ3v) is 7.37. The molecule has 1 heterocycles. The van der Waals surface area contributed by atoms with Crippen LogP contribution in [0.1, 0.15) is 56.0 Å². The van der Waals surface area contributed by atoms with Gasteiger partial charge in [0.1, 0.15) is 0 Å². The van der Waals surface area contributed by atoms with E-state index >= 15 is 0 Å². The predicted octanol–water partition coefficient (Wildman–Crippen LogP) is 6.42. The number of dihydropyridines is 1. The molecule has 0 aliphatic carbocycles. The molecule has 2 atom stereocenters. The Bertz CT molecular complexity index is 1260. The number of alkyl halides is 1. The molecule has 202 valence electrons. The number of thioether (sulfide) groups is 1. The summed E-state index contributed by atoms with van der Waals surface area (Å²) in [6.07, 6.45) is 2.77. The lowest BCUT2D eigenvalue weighted by Gasteiger charge is -2.32. The predicted molar refractivity (Wildman–Crippen MR) is 148 cm³/mol. The summed E-state index contributed by atoms with van der Waals surface area (Å²) in [5.41, 5.74) is 3.39. The Balaban J connectivity index is 2.05. The van der Waals surface area contributed by atoms with E-state index < -0.39 is 28.2 Å². The molecular formula is C28H31ClN2O6S. The number of nitrogens with zero attached hydrogens (tertiary/aromatic N) is 1. The van der Waals surface area contributed by atoms with Gasteiger partial charge in [0.25, 0.3) is 5.69 Å². The maximum atomic E-state index is 13.4. The van der Waals surface area contributed by atoms with E-state index in [0.29, 0.717) is 35.4 Å². The number of allylic oxidation sites excluding steroid dienone is 2. The van der Waals surface area contributed by atoms with E-state index in [-0.39, 0.29) is 18.9 Å². The van der Waals surface area contributed by atoms with Gasteiger partial charge in [-0.3, -0.25) is 10.1 Å². The van der Waals surface area contributed by atoms with Crippen LogP contribution in [0, 0.1) is 10.1 Å². The molecule has 0 amide bonds. The van der Waals surface area contributed by atoms with Gasteiger partial charge < -0.3 is 14.8 Å². The summed E-state index contributed by atoms with van der Waals surface area (Å²) in [6, 6.07) is 13.8. The maximum Gasteiger partial charge on any atom is 0.336 e. The molecular weight excluding hydrogens is 528 g/mol. The summed E-state index contributed by atoms with van der Waals surface area (Å²) in [4.78, 5) is 38.0. The lowest BCUT2D eigenvalue weighted by Crippen LogP contribution is -2.33. The minimum atomic E-state index is -0.690. The Morgan fingerprint density at radius 1 is 1.08 bits per heavy atom. The second-order valence-corrected chi connectivity index (χ2v) is 9.97. The number of halogens is 1. The molecule has 3 rings (SSSR count). The monoisotopic (exact) mass is 558 g/mol. The van der Waals surface area contributed by atoms with Gasteiger partial charge in [-0.15, -0.1) is 23.4 Å². The molecule has 0 fully saturated rings. The van der Waals surface area contributed by atoms with Crippen LogP contribution in [0.5, 0.6) is 0 Å². The van der Waals surface area contributed by atoms with E-state index in [1.165, 1.54) is 12.1 Å². The van der Waals surface area contributed by atoms with Crippen LogP contribution in [0.4, 0.5) is 5.69 Å². The van der Waals surface area contributed by atoms with Crippen molar-refractivity contribution in [3.8, 4) is 0 Å². The second-order valence-electron chi connectivity index (χ2n) is 8.56. The van der Waals surface area contributed by atoms with Crippen LogP contribution in [0.15, 0.2) is 76.0 Å². The lowest BCUT2D eigenvalue weighted by molar-refractivity contribution is -0.384. The first kappa shape index (κ1) is 29.3. The summed E-state index contributed by atoms with van der Waals surface area (Å²) in [6.45, 7) is 5.62. The maximum absolute atomic E-state index is 13.4. The van der Waals surface area contributed by atoms with Crippen molar-refractivity contribution in [1.29, 1.82) is 0 Å². The molecule has 1 aliphatic rings. The Morgan fingerprint density at radius 2 is 1.71 bits per heavy atom. The van der Waals surface area contributed by atoms with Crippen LogP contribution in [-0.2, 0) is 19.1 Å². The highest BCUT2D eigenvalue weighted by molar-refractivity contribution is 7.98.